The van der Waals surface area contributed by atoms with Crippen LogP contribution >= 0.6 is 0 Å². The van der Waals surface area contributed by atoms with E-state index in [9.17, 15) is 4.79 Å². The standard InChI is InChI=1S/C23H29NO2/c1-19(26-23(25)21-13-6-3-7-14-21)22-15-9-17-24(18-22)16-8-12-20-10-4-2-5-11-20/h2-7,10-11,13-14,19,22H,8-9,12,15-18H2,1H3. The summed E-state index contributed by atoms with van der Waals surface area (Å²) < 4.78 is 5.73. The van der Waals surface area contributed by atoms with Crippen molar-refractivity contribution < 1.29 is 9.53 Å². The van der Waals surface area contributed by atoms with Crippen LogP contribution in [0.3, 0.4) is 0 Å². The maximum Gasteiger partial charge on any atom is 0.338 e. The zero-order chi connectivity index (χ0) is 18.2. The molecule has 2 unspecified atom stereocenters. The normalized spacial score (nSPS) is 19.0. The molecule has 0 spiro atoms. The quantitative estimate of drug-likeness (QED) is 0.684. The Balaban J connectivity index is 1.44. The van der Waals surface area contributed by atoms with Crippen molar-refractivity contribution in [1.29, 1.82) is 0 Å². The summed E-state index contributed by atoms with van der Waals surface area (Å²) in [5.74, 6) is 0.215. The molecule has 0 N–H and O–H groups in total. The van der Waals surface area contributed by atoms with Gasteiger partial charge >= 0.3 is 5.97 Å². The van der Waals surface area contributed by atoms with Crippen LogP contribution < -0.4 is 0 Å². The first-order valence-electron chi connectivity index (χ1n) is 9.74. The summed E-state index contributed by atoms with van der Waals surface area (Å²) in [6, 6.07) is 20.0. The number of hydrogen-bond donors (Lipinski definition) is 0. The molecule has 1 aliphatic rings. The van der Waals surface area contributed by atoms with Gasteiger partial charge in [0.25, 0.3) is 0 Å². The van der Waals surface area contributed by atoms with Gasteiger partial charge in [-0.3, -0.25) is 0 Å². The average molecular weight is 351 g/mol. The van der Waals surface area contributed by atoms with E-state index in [0.29, 0.717) is 11.5 Å². The molecule has 1 aliphatic heterocycles. The Morgan fingerprint density at radius 2 is 1.81 bits per heavy atom. The molecule has 2 aromatic carbocycles. The summed E-state index contributed by atoms with van der Waals surface area (Å²) in [6.07, 6.45) is 4.58. The lowest BCUT2D eigenvalue weighted by Crippen LogP contribution is -2.41. The molecule has 2 aromatic rings. The first kappa shape index (κ1) is 18.7. The summed E-state index contributed by atoms with van der Waals surface area (Å²) >= 11 is 0. The molecule has 138 valence electrons. The Morgan fingerprint density at radius 3 is 2.54 bits per heavy atom. The van der Waals surface area contributed by atoms with Crippen molar-refractivity contribution in [3.8, 4) is 0 Å². The zero-order valence-electron chi connectivity index (χ0n) is 15.6. The molecule has 3 rings (SSSR count). The number of esters is 1. The molecule has 2 atom stereocenters. The van der Waals surface area contributed by atoms with Gasteiger partial charge in [0.05, 0.1) is 5.56 Å². The van der Waals surface area contributed by atoms with E-state index >= 15 is 0 Å². The van der Waals surface area contributed by atoms with Crippen molar-refractivity contribution in [2.45, 2.75) is 38.7 Å². The summed E-state index contributed by atoms with van der Waals surface area (Å²) in [5, 5.41) is 0. The highest BCUT2D eigenvalue weighted by atomic mass is 16.5. The van der Waals surface area contributed by atoms with Gasteiger partial charge in [0.1, 0.15) is 6.10 Å². The number of hydrogen-bond acceptors (Lipinski definition) is 3. The maximum absolute atomic E-state index is 12.3. The monoisotopic (exact) mass is 351 g/mol. The highest BCUT2D eigenvalue weighted by Crippen LogP contribution is 2.23. The summed E-state index contributed by atoms with van der Waals surface area (Å²) in [7, 11) is 0. The van der Waals surface area contributed by atoms with E-state index in [4.69, 9.17) is 4.74 Å². The molecular weight excluding hydrogens is 322 g/mol. The first-order chi connectivity index (χ1) is 12.7. The van der Waals surface area contributed by atoms with E-state index in [-0.39, 0.29) is 12.1 Å². The van der Waals surface area contributed by atoms with Crippen LogP contribution in [0.2, 0.25) is 0 Å². The van der Waals surface area contributed by atoms with Crippen LogP contribution in [-0.2, 0) is 11.2 Å². The van der Waals surface area contributed by atoms with Crippen LogP contribution in [0.25, 0.3) is 0 Å². The lowest BCUT2D eigenvalue weighted by molar-refractivity contribution is 0.00528. The molecule has 0 amide bonds. The van der Waals surface area contributed by atoms with Gasteiger partial charge in [0.2, 0.25) is 0 Å². The first-order valence-corrected chi connectivity index (χ1v) is 9.74. The van der Waals surface area contributed by atoms with E-state index in [2.05, 4.69) is 35.2 Å². The second-order valence-electron chi connectivity index (χ2n) is 7.27. The minimum atomic E-state index is -0.209. The minimum Gasteiger partial charge on any atom is -0.459 e. The molecular formula is C23H29NO2. The van der Waals surface area contributed by atoms with Gasteiger partial charge in [-0.15, -0.1) is 0 Å². The number of piperidine rings is 1. The third-order valence-electron chi connectivity index (χ3n) is 5.29. The predicted octanol–water partition coefficient (Wildman–Crippen LogP) is 4.58. The fourth-order valence-corrected chi connectivity index (χ4v) is 3.74. The number of carbonyl (C=O) groups excluding carboxylic acids is 1. The van der Waals surface area contributed by atoms with Crippen molar-refractivity contribution >= 4 is 5.97 Å². The van der Waals surface area contributed by atoms with Gasteiger partial charge in [0.15, 0.2) is 0 Å². The van der Waals surface area contributed by atoms with Crippen molar-refractivity contribution in [2.75, 3.05) is 19.6 Å². The highest BCUT2D eigenvalue weighted by Gasteiger charge is 2.27. The average Bonchev–Trinajstić information content (AvgIpc) is 2.69. The number of benzene rings is 2. The van der Waals surface area contributed by atoms with Crippen LogP contribution in [0.4, 0.5) is 0 Å². The Labute approximate surface area is 157 Å². The van der Waals surface area contributed by atoms with E-state index in [1.165, 1.54) is 18.4 Å². The van der Waals surface area contributed by atoms with Gasteiger partial charge < -0.3 is 9.64 Å². The number of rotatable bonds is 7. The van der Waals surface area contributed by atoms with Gasteiger partial charge in [-0.1, -0.05) is 48.5 Å². The lowest BCUT2D eigenvalue weighted by atomic mass is 9.93. The number of aryl methyl sites for hydroxylation is 1. The number of ether oxygens (including phenoxy) is 1. The van der Waals surface area contributed by atoms with E-state index in [0.717, 1.165) is 32.5 Å². The van der Waals surface area contributed by atoms with Crippen molar-refractivity contribution in [1.82, 2.24) is 4.90 Å². The third-order valence-corrected chi connectivity index (χ3v) is 5.29. The topological polar surface area (TPSA) is 29.5 Å². The Kier molecular flexibility index (Phi) is 6.84. The van der Waals surface area contributed by atoms with Crippen LogP contribution in [0.5, 0.6) is 0 Å². The smallest absolute Gasteiger partial charge is 0.338 e. The molecule has 26 heavy (non-hydrogen) atoms. The molecule has 1 saturated heterocycles. The molecule has 3 nitrogen and oxygen atoms in total. The molecule has 1 fully saturated rings. The third kappa shape index (κ3) is 5.43. The van der Waals surface area contributed by atoms with Crippen molar-refractivity contribution in [3.63, 3.8) is 0 Å². The van der Waals surface area contributed by atoms with E-state index in [1.54, 1.807) is 0 Å². The molecule has 0 aromatic heterocycles. The summed E-state index contributed by atoms with van der Waals surface area (Å²) in [6.45, 7) is 5.34. The number of nitrogens with zero attached hydrogens (tertiary/aromatic N) is 1. The van der Waals surface area contributed by atoms with Crippen LogP contribution in [-0.4, -0.2) is 36.6 Å². The van der Waals surface area contributed by atoms with Crippen LogP contribution in [0, 0.1) is 5.92 Å². The SMILES string of the molecule is CC(OC(=O)c1ccccc1)C1CCCN(CCCc2ccccc2)C1. The van der Waals surface area contributed by atoms with Crippen LogP contribution in [0.1, 0.15) is 42.1 Å². The maximum atomic E-state index is 12.3. The second-order valence-corrected chi connectivity index (χ2v) is 7.27. The fourth-order valence-electron chi connectivity index (χ4n) is 3.74. The van der Waals surface area contributed by atoms with Gasteiger partial charge in [-0.05, 0) is 63.4 Å². The van der Waals surface area contributed by atoms with Crippen LogP contribution in [0.15, 0.2) is 60.7 Å². The zero-order valence-corrected chi connectivity index (χ0v) is 15.6. The molecule has 1 heterocycles. The van der Waals surface area contributed by atoms with Crippen molar-refractivity contribution in [2.24, 2.45) is 5.92 Å². The molecule has 0 saturated carbocycles. The van der Waals surface area contributed by atoms with E-state index < -0.39 is 0 Å². The molecule has 0 radical (unpaired) electrons. The molecule has 0 bridgehead atoms. The van der Waals surface area contributed by atoms with Gasteiger partial charge in [-0.2, -0.15) is 0 Å². The second kappa shape index (κ2) is 9.54. The van der Waals surface area contributed by atoms with Crippen molar-refractivity contribution in [3.05, 3.63) is 71.8 Å². The molecule has 0 aliphatic carbocycles. The fraction of sp³-hybridized carbons (Fsp3) is 0.435. The predicted molar refractivity (Wildman–Crippen MR) is 105 cm³/mol. The van der Waals surface area contributed by atoms with Gasteiger partial charge in [-0.25, -0.2) is 4.79 Å². The number of likely N-dealkylation sites (tertiary alicyclic amines) is 1. The summed E-state index contributed by atoms with van der Waals surface area (Å²) in [4.78, 5) is 14.8. The Hall–Kier alpha value is -2.13. The lowest BCUT2D eigenvalue weighted by Gasteiger charge is -2.35. The number of carbonyl (C=O) groups is 1. The largest absolute Gasteiger partial charge is 0.459 e. The molecule has 3 heteroatoms. The van der Waals surface area contributed by atoms with E-state index in [1.807, 2.05) is 37.3 Å². The van der Waals surface area contributed by atoms with Gasteiger partial charge in [0, 0.05) is 12.5 Å². The summed E-state index contributed by atoms with van der Waals surface area (Å²) in [5.41, 5.74) is 2.04. The Bertz CT molecular complexity index is 671. The minimum absolute atomic E-state index is 0.0420. The Morgan fingerprint density at radius 1 is 1.12 bits per heavy atom. The highest BCUT2D eigenvalue weighted by molar-refractivity contribution is 5.89.